The Kier molecular flexibility index (Phi) is 3.89. The van der Waals surface area contributed by atoms with Crippen LogP contribution in [-0.4, -0.2) is 10.2 Å². The third-order valence-electron chi connectivity index (χ3n) is 2.51. The van der Waals surface area contributed by atoms with Gasteiger partial charge in [0.05, 0.1) is 4.43 Å². The summed E-state index contributed by atoms with van der Waals surface area (Å²) >= 11 is 2.05. The van der Waals surface area contributed by atoms with Crippen molar-refractivity contribution in [3.8, 4) is 11.1 Å². The predicted molar refractivity (Wildman–Crippen MR) is 75.1 cm³/mol. The summed E-state index contributed by atoms with van der Waals surface area (Å²) < 4.78 is 13.3. The van der Waals surface area contributed by atoms with Gasteiger partial charge in [-0.1, -0.05) is 59.0 Å². The van der Waals surface area contributed by atoms with E-state index in [0.29, 0.717) is 9.99 Å². The lowest BCUT2D eigenvalue weighted by Crippen LogP contribution is -1.98. The summed E-state index contributed by atoms with van der Waals surface area (Å²) in [5.41, 5.74) is 2.64. The number of ketones is 1. The summed E-state index contributed by atoms with van der Waals surface area (Å²) in [6, 6.07) is 13.7. The Morgan fingerprint density at radius 1 is 0.941 bits per heavy atom. The number of hydrogen-bond acceptors (Lipinski definition) is 1. The second kappa shape index (κ2) is 5.40. The summed E-state index contributed by atoms with van der Waals surface area (Å²) in [5.74, 6) is -0.123. The van der Waals surface area contributed by atoms with Crippen LogP contribution < -0.4 is 0 Å². The van der Waals surface area contributed by atoms with E-state index < -0.39 is 0 Å². The SMILES string of the molecule is O=C(CI)c1ccc(-c2ccc(F)cc2)cc1. The van der Waals surface area contributed by atoms with Crippen molar-refractivity contribution >= 4 is 28.4 Å². The molecule has 0 aromatic heterocycles. The van der Waals surface area contributed by atoms with Gasteiger partial charge < -0.3 is 0 Å². The van der Waals surface area contributed by atoms with Crippen LogP contribution in [-0.2, 0) is 0 Å². The van der Waals surface area contributed by atoms with Crippen molar-refractivity contribution < 1.29 is 9.18 Å². The van der Waals surface area contributed by atoms with Crippen molar-refractivity contribution in [1.29, 1.82) is 0 Å². The maximum absolute atomic E-state index is 12.8. The summed E-state index contributed by atoms with van der Waals surface area (Å²) in [4.78, 5) is 11.4. The number of benzene rings is 2. The van der Waals surface area contributed by atoms with E-state index in [0.717, 1.165) is 11.1 Å². The monoisotopic (exact) mass is 340 g/mol. The fraction of sp³-hybridized carbons (Fsp3) is 0.0714. The smallest absolute Gasteiger partial charge is 0.172 e. The van der Waals surface area contributed by atoms with Gasteiger partial charge in [-0.25, -0.2) is 4.39 Å². The Balaban J connectivity index is 2.29. The van der Waals surface area contributed by atoms with E-state index in [1.165, 1.54) is 12.1 Å². The van der Waals surface area contributed by atoms with Crippen LogP contribution in [0.4, 0.5) is 4.39 Å². The highest BCUT2D eigenvalue weighted by Gasteiger charge is 2.04. The minimum Gasteiger partial charge on any atom is -0.293 e. The fourth-order valence-electron chi connectivity index (χ4n) is 1.57. The molecule has 0 N–H and O–H groups in total. The predicted octanol–water partition coefficient (Wildman–Crippen LogP) is 4.11. The van der Waals surface area contributed by atoms with Gasteiger partial charge in [0, 0.05) is 5.56 Å². The molecule has 0 atom stereocenters. The Bertz CT molecular complexity index is 517. The van der Waals surface area contributed by atoms with Crippen LogP contribution in [0.25, 0.3) is 11.1 Å². The van der Waals surface area contributed by atoms with Crippen LogP contribution in [0.2, 0.25) is 0 Å². The second-order valence-corrected chi connectivity index (χ2v) is 4.40. The lowest BCUT2D eigenvalue weighted by atomic mass is 10.0. The molecule has 0 bridgehead atoms. The van der Waals surface area contributed by atoms with Crippen LogP contribution >= 0.6 is 22.6 Å². The normalized spacial score (nSPS) is 10.2. The third-order valence-corrected chi connectivity index (χ3v) is 3.20. The van der Waals surface area contributed by atoms with Gasteiger partial charge in [-0.15, -0.1) is 0 Å². The average molecular weight is 340 g/mol. The molecular weight excluding hydrogens is 330 g/mol. The zero-order chi connectivity index (χ0) is 12.3. The zero-order valence-corrected chi connectivity index (χ0v) is 11.1. The van der Waals surface area contributed by atoms with E-state index in [2.05, 4.69) is 0 Å². The highest BCUT2D eigenvalue weighted by Crippen LogP contribution is 2.20. The number of carbonyl (C=O) groups excluding carboxylic acids is 1. The Labute approximate surface area is 113 Å². The molecular formula is C14H10FIO. The first-order valence-corrected chi connectivity index (χ1v) is 6.68. The maximum Gasteiger partial charge on any atom is 0.172 e. The summed E-state index contributed by atoms with van der Waals surface area (Å²) in [6.45, 7) is 0. The molecule has 0 spiro atoms. The van der Waals surface area contributed by atoms with Crippen molar-refractivity contribution in [2.75, 3.05) is 4.43 Å². The van der Waals surface area contributed by atoms with E-state index >= 15 is 0 Å². The molecule has 2 aromatic carbocycles. The number of halogens is 2. The lowest BCUT2D eigenvalue weighted by molar-refractivity contribution is 0.102. The molecule has 0 fully saturated rings. The van der Waals surface area contributed by atoms with Crippen molar-refractivity contribution in [2.45, 2.75) is 0 Å². The van der Waals surface area contributed by atoms with Crippen LogP contribution in [0.1, 0.15) is 10.4 Å². The van der Waals surface area contributed by atoms with Crippen LogP contribution in [0.5, 0.6) is 0 Å². The Morgan fingerprint density at radius 3 is 1.88 bits per heavy atom. The zero-order valence-electron chi connectivity index (χ0n) is 8.99. The number of hydrogen-bond donors (Lipinski definition) is 0. The third kappa shape index (κ3) is 2.91. The number of Topliss-reactive ketones (excluding diaryl/α,β-unsaturated/α-hetero) is 1. The highest BCUT2D eigenvalue weighted by atomic mass is 127. The molecule has 2 aromatic rings. The first-order valence-electron chi connectivity index (χ1n) is 5.16. The quantitative estimate of drug-likeness (QED) is 0.467. The van der Waals surface area contributed by atoms with Gasteiger partial charge in [-0.05, 0) is 23.3 Å². The number of rotatable bonds is 3. The molecule has 0 saturated carbocycles. The Morgan fingerprint density at radius 2 is 1.41 bits per heavy atom. The maximum atomic E-state index is 12.8. The van der Waals surface area contributed by atoms with E-state index in [1.54, 1.807) is 24.3 Å². The van der Waals surface area contributed by atoms with Crippen molar-refractivity contribution in [3.05, 3.63) is 59.9 Å². The molecule has 17 heavy (non-hydrogen) atoms. The molecule has 0 aliphatic heterocycles. The first-order chi connectivity index (χ1) is 8.20. The minimum atomic E-state index is -0.245. The van der Waals surface area contributed by atoms with Gasteiger partial charge in [0.25, 0.3) is 0 Å². The van der Waals surface area contributed by atoms with E-state index in [-0.39, 0.29) is 11.6 Å². The summed E-state index contributed by atoms with van der Waals surface area (Å²) in [7, 11) is 0. The van der Waals surface area contributed by atoms with E-state index in [4.69, 9.17) is 0 Å². The fourth-order valence-corrected chi connectivity index (χ4v) is 2.01. The molecule has 3 heteroatoms. The molecule has 0 saturated heterocycles. The topological polar surface area (TPSA) is 17.1 Å². The van der Waals surface area contributed by atoms with Gasteiger partial charge >= 0.3 is 0 Å². The van der Waals surface area contributed by atoms with Crippen LogP contribution in [0.15, 0.2) is 48.5 Å². The lowest BCUT2D eigenvalue weighted by Gasteiger charge is -2.03. The summed E-state index contributed by atoms with van der Waals surface area (Å²) in [5, 5.41) is 0. The van der Waals surface area contributed by atoms with Gasteiger partial charge in [0.2, 0.25) is 0 Å². The van der Waals surface area contributed by atoms with Crippen molar-refractivity contribution in [3.63, 3.8) is 0 Å². The Hall–Kier alpha value is -1.23. The van der Waals surface area contributed by atoms with Crippen LogP contribution in [0, 0.1) is 5.82 Å². The summed E-state index contributed by atoms with van der Waals surface area (Å²) in [6.07, 6.45) is 0. The molecule has 86 valence electrons. The van der Waals surface area contributed by atoms with Crippen molar-refractivity contribution in [1.82, 2.24) is 0 Å². The van der Waals surface area contributed by atoms with Gasteiger partial charge in [0.1, 0.15) is 5.82 Å². The molecule has 1 nitrogen and oxygen atoms in total. The molecule has 0 radical (unpaired) electrons. The van der Waals surface area contributed by atoms with Crippen LogP contribution in [0.3, 0.4) is 0 Å². The molecule has 0 unspecified atom stereocenters. The van der Waals surface area contributed by atoms with E-state index in [9.17, 15) is 9.18 Å². The van der Waals surface area contributed by atoms with Crippen molar-refractivity contribution in [2.24, 2.45) is 0 Å². The van der Waals surface area contributed by atoms with Gasteiger partial charge in [0.15, 0.2) is 5.78 Å². The van der Waals surface area contributed by atoms with E-state index in [1.807, 2.05) is 34.7 Å². The molecule has 0 heterocycles. The number of carbonyl (C=O) groups is 1. The second-order valence-electron chi connectivity index (χ2n) is 3.64. The average Bonchev–Trinajstić information content (AvgIpc) is 2.39. The van der Waals surface area contributed by atoms with Gasteiger partial charge in [-0.3, -0.25) is 4.79 Å². The molecule has 0 amide bonds. The van der Waals surface area contributed by atoms with Gasteiger partial charge in [-0.2, -0.15) is 0 Å². The highest BCUT2D eigenvalue weighted by molar-refractivity contribution is 14.1. The first kappa shape index (κ1) is 12.2. The standard InChI is InChI=1S/C14H10FIO/c15-13-7-5-11(6-8-13)10-1-3-12(4-2-10)14(17)9-16/h1-8H,9H2. The molecule has 0 aliphatic carbocycles. The molecule has 2 rings (SSSR count). The largest absolute Gasteiger partial charge is 0.293 e. The minimum absolute atomic E-state index is 0.122. The molecule has 0 aliphatic rings. The number of alkyl halides is 1.